The third-order valence-electron chi connectivity index (χ3n) is 3.88. The van der Waals surface area contributed by atoms with Gasteiger partial charge in [0.2, 0.25) is 0 Å². The SMILES string of the molecule is Cc1ccc(CN=C(N)NC2CCCCC2)c(C)c1.I. The second kappa shape index (κ2) is 8.49. The Morgan fingerprint density at radius 2 is 1.95 bits per heavy atom. The lowest BCUT2D eigenvalue weighted by molar-refractivity contribution is 0.412. The minimum absolute atomic E-state index is 0. The Morgan fingerprint density at radius 1 is 1.25 bits per heavy atom. The molecule has 4 heteroatoms. The molecule has 0 spiro atoms. The molecule has 0 bridgehead atoms. The summed E-state index contributed by atoms with van der Waals surface area (Å²) in [5.74, 6) is 0.590. The van der Waals surface area contributed by atoms with Crippen LogP contribution in [0.1, 0.15) is 48.8 Å². The quantitative estimate of drug-likeness (QED) is 0.473. The van der Waals surface area contributed by atoms with Gasteiger partial charge in [-0.3, -0.25) is 0 Å². The van der Waals surface area contributed by atoms with E-state index in [2.05, 4.69) is 42.4 Å². The van der Waals surface area contributed by atoms with Crippen molar-refractivity contribution in [2.75, 3.05) is 0 Å². The molecule has 0 amide bonds. The van der Waals surface area contributed by atoms with Gasteiger partial charge in [-0.15, -0.1) is 24.0 Å². The summed E-state index contributed by atoms with van der Waals surface area (Å²) in [5.41, 5.74) is 9.80. The van der Waals surface area contributed by atoms with E-state index in [1.807, 2.05) is 0 Å². The maximum absolute atomic E-state index is 5.97. The molecule has 0 saturated heterocycles. The molecule has 3 nitrogen and oxygen atoms in total. The van der Waals surface area contributed by atoms with Gasteiger partial charge in [0.25, 0.3) is 0 Å². The summed E-state index contributed by atoms with van der Waals surface area (Å²) in [6.07, 6.45) is 6.42. The van der Waals surface area contributed by atoms with Crippen LogP contribution in [0.15, 0.2) is 23.2 Å². The lowest BCUT2D eigenvalue weighted by Gasteiger charge is -2.23. The molecule has 20 heavy (non-hydrogen) atoms. The van der Waals surface area contributed by atoms with E-state index in [-0.39, 0.29) is 24.0 Å². The summed E-state index contributed by atoms with van der Waals surface area (Å²) < 4.78 is 0. The second-order valence-corrected chi connectivity index (χ2v) is 5.61. The molecule has 3 N–H and O–H groups in total. The van der Waals surface area contributed by atoms with Gasteiger partial charge in [0, 0.05) is 6.04 Å². The smallest absolute Gasteiger partial charge is 0.189 e. The Morgan fingerprint density at radius 3 is 2.60 bits per heavy atom. The zero-order valence-corrected chi connectivity index (χ0v) is 14.8. The number of benzene rings is 1. The van der Waals surface area contributed by atoms with E-state index < -0.39 is 0 Å². The monoisotopic (exact) mass is 387 g/mol. The Balaban J connectivity index is 0.00000200. The van der Waals surface area contributed by atoms with Crippen molar-refractivity contribution in [3.05, 3.63) is 34.9 Å². The van der Waals surface area contributed by atoms with Crippen LogP contribution in [0.4, 0.5) is 0 Å². The van der Waals surface area contributed by atoms with E-state index in [0.29, 0.717) is 18.5 Å². The van der Waals surface area contributed by atoms with Crippen LogP contribution in [-0.4, -0.2) is 12.0 Å². The Hall–Kier alpha value is -0.780. The predicted octanol–water partition coefficient (Wildman–Crippen LogP) is 3.66. The minimum Gasteiger partial charge on any atom is -0.370 e. The maximum Gasteiger partial charge on any atom is 0.189 e. The molecule has 1 aromatic carbocycles. The van der Waals surface area contributed by atoms with E-state index >= 15 is 0 Å². The van der Waals surface area contributed by atoms with Crippen molar-refractivity contribution >= 4 is 29.9 Å². The van der Waals surface area contributed by atoms with Gasteiger partial charge in [-0.2, -0.15) is 0 Å². The molecule has 0 aromatic heterocycles. The maximum atomic E-state index is 5.97. The van der Waals surface area contributed by atoms with Crippen LogP contribution in [0.25, 0.3) is 0 Å². The summed E-state index contributed by atoms with van der Waals surface area (Å²) in [6.45, 7) is 4.90. The Bertz CT molecular complexity index is 451. The lowest BCUT2D eigenvalue weighted by Crippen LogP contribution is -2.41. The summed E-state index contributed by atoms with van der Waals surface area (Å²) in [4.78, 5) is 4.46. The average Bonchev–Trinajstić information content (AvgIpc) is 2.39. The van der Waals surface area contributed by atoms with Crippen LogP contribution in [0.3, 0.4) is 0 Å². The number of hydrogen-bond acceptors (Lipinski definition) is 1. The molecule has 0 unspecified atom stereocenters. The van der Waals surface area contributed by atoms with Crippen molar-refractivity contribution in [3.8, 4) is 0 Å². The van der Waals surface area contributed by atoms with Gasteiger partial charge < -0.3 is 11.1 Å². The summed E-state index contributed by atoms with van der Waals surface area (Å²) in [5, 5.41) is 3.35. The number of aryl methyl sites for hydroxylation is 2. The second-order valence-electron chi connectivity index (χ2n) is 5.61. The first-order valence-electron chi connectivity index (χ1n) is 7.28. The molecule has 0 atom stereocenters. The van der Waals surface area contributed by atoms with Gasteiger partial charge in [-0.05, 0) is 37.8 Å². The van der Waals surface area contributed by atoms with Crippen LogP contribution in [-0.2, 0) is 6.54 Å². The average molecular weight is 387 g/mol. The van der Waals surface area contributed by atoms with E-state index in [9.17, 15) is 0 Å². The predicted molar refractivity (Wildman–Crippen MR) is 96.7 cm³/mol. The van der Waals surface area contributed by atoms with E-state index in [4.69, 9.17) is 5.73 Å². The third-order valence-corrected chi connectivity index (χ3v) is 3.88. The van der Waals surface area contributed by atoms with Crippen molar-refractivity contribution < 1.29 is 0 Å². The van der Waals surface area contributed by atoms with Crippen LogP contribution in [0.5, 0.6) is 0 Å². The molecular weight excluding hydrogens is 361 g/mol. The molecule has 1 aromatic rings. The van der Waals surface area contributed by atoms with Crippen LogP contribution in [0, 0.1) is 13.8 Å². The molecular formula is C16H26IN3. The topological polar surface area (TPSA) is 50.4 Å². The van der Waals surface area contributed by atoms with Gasteiger partial charge in [0.05, 0.1) is 6.54 Å². The Labute approximate surface area is 139 Å². The van der Waals surface area contributed by atoms with Crippen molar-refractivity contribution in [1.82, 2.24) is 5.32 Å². The van der Waals surface area contributed by atoms with Crippen LogP contribution >= 0.6 is 24.0 Å². The number of nitrogens with zero attached hydrogens (tertiary/aromatic N) is 1. The highest BCUT2D eigenvalue weighted by Gasteiger charge is 2.13. The molecule has 1 fully saturated rings. The Kier molecular flexibility index (Phi) is 7.34. The van der Waals surface area contributed by atoms with Crippen LogP contribution < -0.4 is 11.1 Å². The first kappa shape index (κ1) is 17.3. The van der Waals surface area contributed by atoms with Gasteiger partial charge in [-0.25, -0.2) is 4.99 Å². The summed E-state index contributed by atoms with van der Waals surface area (Å²) >= 11 is 0. The standard InChI is InChI=1S/C16H25N3.HI/c1-12-8-9-14(13(2)10-12)11-18-16(17)19-15-6-4-3-5-7-15;/h8-10,15H,3-7,11H2,1-2H3,(H3,17,18,19);1H. The highest BCUT2D eigenvalue weighted by atomic mass is 127. The fourth-order valence-corrected chi connectivity index (χ4v) is 2.70. The summed E-state index contributed by atoms with van der Waals surface area (Å²) in [6, 6.07) is 6.98. The number of halogens is 1. The normalized spacial score (nSPS) is 16.6. The van der Waals surface area contributed by atoms with E-state index in [0.717, 1.165) is 0 Å². The molecule has 1 aliphatic rings. The third kappa shape index (κ3) is 5.31. The molecule has 1 saturated carbocycles. The van der Waals surface area contributed by atoms with Gasteiger partial charge >= 0.3 is 0 Å². The van der Waals surface area contributed by atoms with Crippen molar-refractivity contribution in [2.45, 2.75) is 58.5 Å². The number of nitrogens with one attached hydrogen (secondary N) is 1. The van der Waals surface area contributed by atoms with E-state index in [1.165, 1.54) is 48.8 Å². The molecule has 2 rings (SSSR count). The van der Waals surface area contributed by atoms with Crippen LogP contribution in [0.2, 0.25) is 0 Å². The van der Waals surface area contributed by atoms with Gasteiger partial charge in [-0.1, -0.05) is 43.0 Å². The molecule has 112 valence electrons. The molecule has 0 heterocycles. The van der Waals surface area contributed by atoms with Gasteiger partial charge in [0.15, 0.2) is 5.96 Å². The molecule has 1 aliphatic carbocycles. The van der Waals surface area contributed by atoms with Crippen molar-refractivity contribution in [1.29, 1.82) is 0 Å². The number of aliphatic imine (C=N–C) groups is 1. The number of hydrogen-bond donors (Lipinski definition) is 2. The van der Waals surface area contributed by atoms with Crippen molar-refractivity contribution in [2.24, 2.45) is 10.7 Å². The zero-order valence-electron chi connectivity index (χ0n) is 12.5. The highest BCUT2D eigenvalue weighted by molar-refractivity contribution is 14.0. The van der Waals surface area contributed by atoms with Gasteiger partial charge in [0.1, 0.15) is 0 Å². The first-order valence-corrected chi connectivity index (χ1v) is 7.28. The zero-order chi connectivity index (χ0) is 13.7. The highest BCUT2D eigenvalue weighted by Crippen LogP contribution is 2.17. The number of nitrogens with two attached hydrogens (primary N) is 1. The molecule has 0 aliphatic heterocycles. The number of rotatable bonds is 3. The lowest BCUT2D eigenvalue weighted by atomic mass is 9.96. The van der Waals surface area contributed by atoms with Crippen molar-refractivity contribution in [3.63, 3.8) is 0 Å². The van der Waals surface area contributed by atoms with E-state index in [1.54, 1.807) is 0 Å². The first-order chi connectivity index (χ1) is 9.15. The minimum atomic E-state index is 0. The molecule has 0 radical (unpaired) electrons. The fourth-order valence-electron chi connectivity index (χ4n) is 2.70. The summed E-state index contributed by atoms with van der Waals surface area (Å²) in [7, 11) is 0. The fraction of sp³-hybridized carbons (Fsp3) is 0.562. The number of guanidine groups is 1. The largest absolute Gasteiger partial charge is 0.370 e.